The maximum Gasteiger partial charge on any atom is 0.127 e. The molecule has 100 valence electrons. The van der Waals surface area contributed by atoms with E-state index in [-0.39, 0.29) is 5.82 Å². The molecule has 0 nitrogen and oxygen atoms in total. The summed E-state index contributed by atoms with van der Waals surface area (Å²) in [5.74, 6) is -0.345. The lowest BCUT2D eigenvalue weighted by Gasteiger charge is -2.15. The van der Waals surface area contributed by atoms with Gasteiger partial charge < -0.3 is 0 Å². The van der Waals surface area contributed by atoms with E-state index in [0.717, 1.165) is 10.0 Å². The quantitative estimate of drug-likeness (QED) is 0.518. The summed E-state index contributed by atoms with van der Waals surface area (Å²) < 4.78 is 14.2. The predicted octanol–water partition coefficient (Wildman–Crippen LogP) is 6.53. The van der Waals surface area contributed by atoms with E-state index in [0.29, 0.717) is 21.2 Å². The summed E-state index contributed by atoms with van der Waals surface area (Å²) in [5.41, 5.74) is 1.95. The third-order valence-electron chi connectivity index (χ3n) is 2.78. The van der Waals surface area contributed by atoms with E-state index in [9.17, 15) is 4.39 Å². The van der Waals surface area contributed by atoms with Gasteiger partial charge in [0.2, 0.25) is 0 Å². The van der Waals surface area contributed by atoms with Crippen LogP contribution in [0.1, 0.15) is 22.1 Å². The normalized spacial score (nSPS) is 12.5. The van der Waals surface area contributed by atoms with Crippen LogP contribution in [0.25, 0.3) is 0 Å². The molecular formula is C14H9BrCl3F. The second kappa shape index (κ2) is 6.01. The second-order valence-corrected chi connectivity index (χ2v) is 6.29. The molecule has 0 radical (unpaired) electrons. The van der Waals surface area contributed by atoms with Crippen LogP contribution in [0.2, 0.25) is 10.0 Å². The number of aryl methyl sites for hydroxylation is 1. The first-order chi connectivity index (χ1) is 8.90. The molecule has 2 rings (SSSR count). The smallest absolute Gasteiger partial charge is 0.127 e. The maximum absolute atomic E-state index is 13.4. The molecule has 0 bridgehead atoms. The molecule has 1 unspecified atom stereocenters. The Morgan fingerprint density at radius 3 is 2.47 bits per heavy atom. The second-order valence-electron chi connectivity index (χ2n) is 4.15. The summed E-state index contributed by atoms with van der Waals surface area (Å²) in [7, 11) is 0. The highest BCUT2D eigenvalue weighted by Crippen LogP contribution is 2.39. The van der Waals surface area contributed by atoms with Crippen LogP contribution in [0.5, 0.6) is 0 Å². The fourth-order valence-corrected chi connectivity index (χ4v) is 3.21. The van der Waals surface area contributed by atoms with Crippen molar-refractivity contribution in [1.29, 1.82) is 0 Å². The van der Waals surface area contributed by atoms with Crippen molar-refractivity contribution in [1.82, 2.24) is 0 Å². The highest BCUT2D eigenvalue weighted by Gasteiger charge is 2.18. The minimum Gasteiger partial charge on any atom is -0.207 e. The minimum absolute atomic E-state index is 0.301. The topological polar surface area (TPSA) is 0 Å². The highest BCUT2D eigenvalue weighted by atomic mass is 79.9. The van der Waals surface area contributed by atoms with Gasteiger partial charge in [0, 0.05) is 14.5 Å². The van der Waals surface area contributed by atoms with Crippen LogP contribution in [0.3, 0.4) is 0 Å². The Bertz CT molecular complexity index is 628. The predicted molar refractivity (Wildman–Crippen MR) is 83.0 cm³/mol. The molecular weight excluding hydrogens is 373 g/mol. The van der Waals surface area contributed by atoms with Crippen LogP contribution in [0.4, 0.5) is 4.39 Å². The molecule has 0 fully saturated rings. The van der Waals surface area contributed by atoms with E-state index in [1.54, 1.807) is 25.1 Å². The molecule has 0 aliphatic heterocycles. The fraction of sp³-hybridized carbons (Fsp3) is 0.143. The number of rotatable bonds is 2. The van der Waals surface area contributed by atoms with E-state index in [2.05, 4.69) is 15.9 Å². The maximum atomic E-state index is 13.4. The van der Waals surface area contributed by atoms with Gasteiger partial charge in [0.05, 0.1) is 5.38 Å². The zero-order valence-corrected chi connectivity index (χ0v) is 13.7. The number of hydrogen-bond acceptors (Lipinski definition) is 0. The zero-order chi connectivity index (χ0) is 14.2. The van der Waals surface area contributed by atoms with Crippen molar-refractivity contribution in [3.63, 3.8) is 0 Å². The van der Waals surface area contributed by atoms with Gasteiger partial charge in [0.1, 0.15) is 5.82 Å². The Labute approximate surface area is 134 Å². The number of alkyl halides is 1. The summed E-state index contributed by atoms with van der Waals surface area (Å²) >= 11 is 21.9. The van der Waals surface area contributed by atoms with E-state index in [1.807, 2.05) is 6.07 Å². The van der Waals surface area contributed by atoms with Crippen LogP contribution in [-0.4, -0.2) is 0 Å². The first-order valence-corrected chi connectivity index (χ1v) is 7.43. The minimum atomic E-state index is -0.500. The standard InChI is InChI=1S/C14H9BrCl3F/c1-7-4-10(12(17)6-13(7)19)14(18)9-5-8(16)2-3-11(9)15/h2-6,14H,1H3. The van der Waals surface area contributed by atoms with Crippen molar-refractivity contribution in [3.05, 3.63) is 67.4 Å². The summed E-state index contributed by atoms with van der Waals surface area (Å²) in [6.07, 6.45) is 0. The monoisotopic (exact) mass is 380 g/mol. The van der Waals surface area contributed by atoms with Crippen LogP contribution in [0, 0.1) is 12.7 Å². The van der Waals surface area contributed by atoms with E-state index < -0.39 is 5.38 Å². The summed E-state index contributed by atoms with van der Waals surface area (Å²) in [4.78, 5) is 0. The largest absolute Gasteiger partial charge is 0.207 e. The summed E-state index contributed by atoms with van der Waals surface area (Å²) in [6, 6.07) is 8.27. The average Bonchev–Trinajstić information content (AvgIpc) is 2.36. The Hall–Kier alpha value is -0.280. The molecule has 0 heterocycles. The van der Waals surface area contributed by atoms with Crippen molar-refractivity contribution in [2.75, 3.05) is 0 Å². The van der Waals surface area contributed by atoms with Crippen LogP contribution >= 0.6 is 50.7 Å². The third-order valence-corrected chi connectivity index (χ3v) is 4.54. The first kappa shape index (κ1) is 15.1. The fourth-order valence-electron chi connectivity index (χ4n) is 1.75. The van der Waals surface area contributed by atoms with Gasteiger partial charge in [-0.05, 0) is 53.9 Å². The van der Waals surface area contributed by atoms with Gasteiger partial charge in [-0.15, -0.1) is 11.6 Å². The van der Waals surface area contributed by atoms with Crippen LogP contribution < -0.4 is 0 Å². The molecule has 2 aromatic carbocycles. The van der Waals surface area contributed by atoms with Gasteiger partial charge in [0.25, 0.3) is 0 Å². The average molecular weight is 382 g/mol. The molecule has 0 N–H and O–H groups in total. The number of halogens is 5. The molecule has 0 aromatic heterocycles. The van der Waals surface area contributed by atoms with Crippen molar-refractivity contribution < 1.29 is 4.39 Å². The lowest BCUT2D eigenvalue weighted by atomic mass is 10.0. The molecule has 0 saturated carbocycles. The zero-order valence-electron chi connectivity index (χ0n) is 9.85. The molecule has 0 aliphatic carbocycles. The van der Waals surface area contributed by atoms with Gasteiger partial charge in [-0.1, -0.05) is 39.1 Å². The van der Waals surface area contributed by atoms with Gasteiger partial charge >= 0.3 is 0 Å². The molecule has 0 saturated heterocycles. The summed E-state index contributed by atoms with van der Waals surface area (Å²) in [5, 5.41) is 0.383. The Morgan fingerprint density at radius 1 is 1.11 bits per heavy atom. The van der Waals surface area contributed by atoms with Crippen molar-refractivity contribution in [2.45, 2.75) is 12.3 Å². The van der Waals surface area contributed by atoms with Crippen LogP contribution in [0.15, 0.2) is 34.8 Å². The number of benzene rings is 2. The lowest BCUT2D eigenvalue weighted by Crippen LogP contribution is -1.98. The third kappa shape index (κ3) is 3.25. The SMILES string of the molecule is Cc1cc(C(Cl)c2cc(Cl)ccc2Br)c(Cl)cc1F. The Kier molecular flexibility index (Phi) is 4.78. The molecule has 0 spiro atoms. The van der Waals surface area contributed by atoms with Crippen molar-refractivity contribution in [2.24, 2.45) is 0 Å². The van der Waals surface area contributed by atoms with Gasteiger partial charge in [0.15, 0.2) is 0 Å². The molecule has 0 amide bonds. The number of hydrogen-bond donors (Lipinski definition) is 0. The summed E-state index contributed by atoms with van der Waals surface area (Å²) in [6.45, 7) is 1.67. The van der Waals surface area contributed by atoms with Crippen LogP contribution in [-0.2, 0) is 0 Å². The molecule has 5 heteroatoms. The van der Waals surface area contributed by atoms with E-state index in [4.69, 9.17) is 34.8 Å². The first-order valence-electron chi connectivity index (χ1n) is 5.44. The Balaban J connectivity index is 2.52. The van der Waals surface area contributed by atoms with E-state index >= 15 is 0 Å². The van der Waals surface area contributed by atoms with E-state index in [1.165, 1.54) is 6.07 Å². The van der Waals surface area contributed by atoms with Gasteiger partial charge in [-0.2, -0.15) is 0 Å². The lowest BCUT2D eigenvalue weighted by molar-refractivity contribution is 0.618. The van der Waals surface area contributed by atoms with Gasteiger partial charge in [-0.25, -0.2) is 4.39 Å². The molecule has 0 aliphatic rings. The molecule has 19 heavy (non-hydrogen) atoms. The van der Waals surface area contributed by atoms with Gasteiger partial charge in [-0.3, -0.25) is 0 Å². The van der Waals surface area contributed by atoms with Crippen molar-refractivity contribution >= 4 is 50.7 Å². The Morgan fingerprint density at radius 2 is 1.79 bits per heavy atom. The molecule has 2 aromatic rings. The highest BCUT2D eigenvalue weighted by molar-refractivity contribution is 9.10. The molecule has 1 atom stereocenters. The van der Waals surface area contributed by atoms with Crippen molar-refractivity contribution in [3.8, 4) is 0 Å².